The second-order valence-corrected chi connectivity index (χ2v) is 6.30. The van der Waals surface area contributed by atoms with Gasteiger partial charge in [0.05, 0.1) is 12.3 Å². The summed E-state index contributed by atoms with van der Waals surface area (Å²) >= 11 is 0. The lowest BCUT2D eigenvalue weighted by molar-refractivity contribution is 0.0774. The molecule has 1 aromatic carbocycles. The van der Waals surface area contributed by atoms with E-state index < -0.39 is 0 Å². The molecule has 0 aliphatic carbocycles. The van der Waals surface area contributed by atoms with Crippen molar-refractivity contribution in [3.63, 3.8) is 0 Å². The highest BCUT2D eigenvalue weighted by atomic mass is 16.6. The van der Waals surface area contributed by atoms with Crippen molar-refractivity contribution in [2.75, 3.05) is 32.8 Å². The molecule has 1 amide bonds. The van der Waals surface area contributed by atoms with Crippen molar-refractivity contribution in [3.8, 4) is 11.5 Å². The number of nitrogens with zero attached hydrogens (tertiary/aromatic N) is 3. The molecule has 0 atom stereocenters. The van der Waals surface area contributed by atoms with E-state index in [-0.39, 0.29) is 6.09 Å². The van der Waals surface area contributed by atoms with Crippen LogP contribution in [0.1, 0.15) is 23.9 Å². The van der Waals surface area contributed by atoms with Gasteiger partial charge in [0, 0.05) is 38.3 Å². The third kappa shape index (κ3) is 4.02. The lowest BCUT2D eigenvalue weighted by Crippen LogP contribution is -2.48. The molecule has 1 aliphatic rings. The van der Waals surface area contributed by atoms with Crippen LogP contribution in [0, 0.1) is 13.8 Å². The van der Waals surface area contributed by atoms with Gasteiger partial charge in [0.2, 0.25) is 5.89 Å². The number of carbonyl (C=O) groups is 1. The van der Waals surface area contributed by atoms with Crippen molar-refractivity contribution in [1.29, 1.82) is 0 Å². The molecule has 1 aromatic heterocycles. The maximum atomic E-state index is 11.8. The molecule has 25 heavy (non-hydrogen) atoms. The molecule has 2 aromatic rings. The zero-order valence-electron chi connectivity index (χ0n) is 15.1. The van der Waals surface area contributed by atoms with E-state index in [1.54, 1.807) is 4.90 Å². The third-order valence-electron chi connectivity index (χ3n) is 4.54. The first-order valence-corrected chi connectivity index (χ1v) is 8.75. The van der Waals surface area contributed by atoms with Gasteiger partial charge in [-0.3, -0.25) is 4.90 Å². The average molecular weight is 343 g/mol. The van der Waals surface area contributed by atoms with Crippen LogP contribution in [0.2, 0.25) is 0 Å². The van der Waals surface area contributed by atoms with E-state index in [4.69, 9.17) is 14.1 Å². The number of rotatable bonds is 4. The number of aromatic nitrogens is 1. The van der Waals surface area contributed by atoms with Crippen molar-refractivity contribution in [1.82, 2.24) is 14.8 Å². The molecule has 0 bridgehead atoms. The molecule has 0 unspecified atom stereocenters. The first-order valence-electron chi connectivity index (χ1n) is 8.75. The summed E-state index contributed by atoms with van der Waals surface area (Å²) in [6.45, 7) is 9.97. The van der Waals surface area contributed by atoms with Crippen molar-refractivity contribution >= 4 is 6.09 Å². The first kappa shape index (κ1) is 17.5. The number of aryl methyl sites for hydroxylation is 2. The summed E-state index contributed by atoms with van der Waals surface area (Å²) in [5.41, 5.74) is 3.14. The van der Waals surface area contributed by atoms with Gasteiger partial charge in [-0.1, -0.05) is 18.2 Å². The molecule has 0 saturated carbocycles. The summed E-state index contributed by atoms with van der Waals surface area (Å²) in [7, 11) is 0. The second kappa shape index (κ2) is 7.70. The Morgan fingerprint density at radius 1 is 1.20 bits per heavy atom. The maximum absolute atomic E-state index is 11.8. The van der Waals surface area contributed by atoms with E-state index in [2.05, 4.69) is 17.9 Å². The number of hydrogen-bond donors (Lipinski definition) is 0. The van der Waals surface area contributed by atoms with Crippen LogP contribution >= 0.6 is 0 Å². The summed E-state index contributed by atoms with van der Waals surface area (Å²) in [5, 5.41) is 0. The van der Waals surface area contributed by atoms with E-state index in [9.17, 15) is 4.79 Å². The van der Waals surface area contributed by atoms with Crippen LogP contribution in [-0.2, 0) is 11.3 Å². The molecule has 1 saturated heterocycles. The zero-order valence-corrected chi connectivity index (χ0v) is 15.1. The molecule has 0 N–H and O–H groups in total. The zero-order chi connectivity index (χ0) is 17.8. The fourth-order valence-electron chi connectivity index (χ4n) is 3.02. The molecule has 0 spiro atoms. The molecule has 6 nitrogen and oxygen atoms in total. The normalized spacial score (nSPS) is 15.4. The minimum absolute atomic E-state index is 0.221. The predicted molar refractivity (Wildman–Crippen MR) is 95.3 cm³/mol. The molecule has 1 aliphatic heterocycles. The SMILES string of the molecule is CCOC(=O)N1CCN(Cc2nc(-c3ccccc3C)oc2C)CC1. The lowest BCUT2D eigenvalue weighted by Gasteiger charge is -2.33. The summed E-state index contributed by atoms with van der Waals surface area (Å²) in [4.78, 5) is 20.5. The van der Waals surface area contributed by atoms with Gasteiger partial charge in [0.1, 0.15) is 5.76 Å². The van der Waals surface area contributed by atoms with E-state index in [0.717, 1.165) is 42.2 Å². The predicted octanol–water partition coefficient (Wildman–Crippen LogP) is 3.23. The molecule has 1 fully saturated rings. The highest BCUT2D eigenvalue weighted by Gasteiger charge is 2.23. The Morgan fingerprint density at radius 2 is 1.92 bits per heavy atom. The van der Waals surface area contributed by atoms with Gasteiger partial charge in [-0.2, -0.15) is 0 Å². The highest BCUT2D eigenvalue weighted by molar-refractivity contribution is 5.67. The average Bonchev–Trinajstić information content (AvgIpc) is 2.96. The van der Waals surface area contributed by atoms with Crippen molar-refractivity contribution in [2.45, 2.75) is 27.3 Å². The van der Waals surface area contributed by atoms with Gasteiger partial charge < -0.3 is 14.1 Å². The number of benzene rings is 1. The monoisotopic (exact) mass is 343 g/mol. The first-order chi connectivity index (χ1) is 12.1. The number of amides is 1. The summed E-state index contributed by atoms with van der Waals surface area (Å²) in [6, 6.07) is 8.10. The fraction of sp³-hybridized carbons (Fsp3) is 0.474. The van der Waals surface area contributed by atoms with Gasteiger partial charge in [0.25, 0.3) is 0 Å². The summed E-state index contributed by atoms with van der Waals surface area (Å²) in [5.74, 6) is 1.53. The molecule has 0 radical (unpaired) electrons. The quantitative estimate of drug-likeness (QED) is 0.853. The van der Waals surface area contributed by atoms with Crippen LogP contribution in [0.5, 0.6) is 0 Å². The van der Waals surface area contributed by atoms with Gasteiger partial charge in [-0.05, 0) is 32.4 Å². The van der Waals surface area contributed by atoms with Gasteiger partial charge in [0.15, 0.2) is 0 Å². The smallest absolute Gasteiger partial charge is 0.409 e. The fourth-order valence-corrected chi connectivity index (χ4v) is 3.02. The van der Waals surface area contributed by atoms with Crippen LogP contribution in [-0.4, -0.2) is 53.7 Å². The Labute approximate surface area is 148 Å². The summed E-state index contributed by atoms with van der Waals surface area (Å²) < 4.78 is 11.0. The molecule has 134 valence electrons. The summed E-state index contributed by atoms with van der Waals surface area (Å²) in [6.07, 6.45) is -0.221. The third-order valence-corrected chi connectivity index (χ3v) is 4.54. The van der Waals surface area contributed by atoms with Gasteiger partial charge in [-0.25, -0.2) is 9.78 Å². The largest absolute Gasteiger partial charge is 0.450 e. The second-order valence-electron chi connectivity index (χ2n) is 6.30. The van der Waals surface area contributed by atoms with E-state index >= 15 is 0 Å². The Balaban J connectivity index is 1.63. The maximum Gasteiger partial charge on any atom is 0.409 e. The van der Waals surface area contributed by atoms with Crippen molar-refractivity contribution in [3.05, 3.63) is 41.3 Å². The van der Waals surface area contributed by atoms with Gasteiger partial charge in [-0.15, -0.1) is 0 Å². The topological polar surface area (TPSA) is 58.8 Å². The number of piperazine rings is 1. The van der Waals surface area contributed by atoms with E-state index in [1.807, 2.05) is 32.0 Å². The molecule has 6 heteroatoms. The Kier molecular flexibility index (Phi) is 5.38. The molecule has 3 rings (SSSR count). The minimum atomic E-state index is -0.221. The standard InChI is InChI=1S/C19H25N3O3/c1-4-24-19(23)22-11-9-21(10-12-22)13-17-15(3)25-18(20-17)16-8-6-5-7-14(16)2/h5-8H,4,9-13H2,1-3H3. The molecular weight excluding hydrogens is 318 g/mol. The number of hydrogen-bond acceptors (Lipinski definition) is 5. The van der Waals surface area contributed by atoms with Crippen LogP contribution in [0.4, 0.5) is 4.79 Å². The number of carbonyl (C=O) groups excluding carboxylic acids is 1. The minimum Gasteiger partial charge on any atom is -0.450 e. The van der Waals surface area contributed by atoms with Crippen LogP contribution < -0.4 is 0 Å². The number of oxazole rings is 1. The molecule has 2 heterocycles. The van der Waals surface area contributed by atoms with E-state index in [1.165, 1.54) is 0 Å². The van der Waals surface area contributed by atoms with Crippen molar-refractivity contribution in [2.24, 2.45) is 0 Å². The van der Waals surface area contributed by atoms with Crippen molar-refractivity contribution < 1.29 is 13.9 Å². The van der Waals surface area contributed by atoms with Gasteiger partial charge >= 0.3 is 6.09 Å². The Morgan fingerprint density at radius 3 is 2.60 bits per heavy atom. The Hall–Kier alpha value is -2.34. The highest BCUT2D eigenvalue weighted by Crippen LogP contribution is 2.25. The molecular formula is C19H25N3O3. The van der Waals surface area contributed by atoms with Crippen LogP contribution in [0.3, 0.4) is 0 Å². The van der Waals surface area contributed by atoms with E-state index in [0.29, 0.717) is 25.6 Å². The van der Waals surface area contributed by atoms with Crippen LogP contribution in [0.25, 0.3) is 11.5 Å². The number of ether oxygens (including phenoxy) is 1. The lowest BCUT2D eigenvalue weighted by atomic mass is 10.1. The Bertz CT molecular complexity index is 733. The van der Waals surface area contributed by atoms with Crippen LogP contribution in [0.15, 0.2) is 28.7 Å².